The van der Waals surface area contributed by atoms with Gasteiger partial charge in [-0.2, -0.15) is 0 Å². The fraction of sp³-hybridized carbons (Fsp3) is 0.200. The molecule has 63 valence electrons. The van der Waals surface area contributed by atoms with E-state index in [1.165, 1.54) is 0 Å². The first-order chi connectivity index (χ1) is 5.47. The van der Waals surface area contributed by atoms with Crippen LogP contribution in [0.25, 0.3) is 11.0 Å². The molecule has 2 aromatic rings. The summed E-state index contributed by atoms with van der Waals surface area (Å²) in [7, 11) is 0. The van der Waals surface area contributed by atoms with Crippen molar-refractivity contribution in [2.24, 2.45) is 0 Å². The van der Waals surface area contributed by atoms with Crippen molar-refractivity contribution < 1.29 is 23.0 Å². The molecule has 0 aliphatic rings. The van der Waals surface area contributed by atoms with Crippen molar-refractivity contribution in [3.63, 3.8) is 0 Å². The fourth-order valence-electron chi connectivity index (χ4n) is 0.906. The minimum Gasteiger partial charge on any atom is -0.464 e. The van der Waals surface area contributed by atoms with Crippen molar-refractivity contribution in [2.45, 2.75) is 13.8 Å². The van der Waals surface area contributed by atoms with Crippen LogP contribution in [0.2, 0.25) is 0 Å². The molecule has 0 N–H and O–H groups in total. The maximum atomic E-state index is 5.12. The SMILES string of the molecule is CC.[V].c1ccc2occc2c1. The predicted octanol–water partition coefficient (Wildman–Crippen LogP) is 3.46. The fourth-order valence-corrected chi connectivity index (χ4v) is 0.906. The molecule has 0 unspecified atom stereocenters. The number of hydrogen-bond acceptors (Lipinski definition) is 1. The normalized spacial score (nSPS) is 8.17. The van der Waals surface area contributed by atoms with E-state index in [-0.39, 0.29) is 18.6 Å². The summed E-state index contributed by atoms with van der Waals surface area (Å²) in [5.74, 6) is 0. The third kappa shape index (κ3) is 2.44. The van der Waals surface area contributed by atoms with E-state index in [0.717, 1.165) is 11.0 Å². The van der Waals surface area contributed by atoms with E-state index in [4.69, 9.17) is 4.42 Å². The van der Waals surface area contributed by atoms with Gasteiger partial charge in [-0.3, -0.25) is 0 Å². The zero-order valence-corrected chi connectivity index (χ0v) is 8.72. The summed E-state index contributed by atoms with van der Waals surface area (Å²) in [5.41, 5.74) is 0.956. The Labute approximate surface area is 84.7 Å². The molecule has 1 nitrogen and oxygen atoms in total. The molecule has 0 amide bonds. The van der Waals surface area contributed by atoms with E-state index in [1.54, 1.807) is 6.26 Å². The summed E-state index contributed by atoms with van der Waals surface area (Å²) in [4.78, 5) is 0. The molecule has 1 radical (unpaired) electrons. The van der Waals surface area contributed by atoms with Gasteiger partial charge in [0.1, 0.15) is 5.58 Å². The molecule has 1 heterocycles. The molecule has 0 aliphatic carbocycles. The molecule has 0 spiro atoms. The average Bonchev–Trinajstić information content (AvgIpc) is 2.55. The van der Waals surface area contributed by atoms with Crippen LogP contribution in [0.1, 0.15) is 13.8 Å². The second kappa shape index (κ2) is 5.93. The number of furan rings is 1. The van der Waals surface area contributed by atoms with E-state index in [2.05, 4.69) is 0 Å². The molecule has 0 bridgehead atoms. The van der Waals surface area contributed by atoms with Crippen LogP contribution in [0.4, 0.5) is 0 Å². The van der Waals surface area contributed by atoms with E-state index in [1.807, 2.05) is 44.2 Å². The maximum Gasteiger partial charge on any atom is 0.133 e. The van der Waals surface area contributed by atoms with Gasteiger partial charge in [0.25, 0.3) is 0 Å². The monoisotopic (exact) mass is 199 g/mol. The average molecular weight is 199 g/mol. The Kier molecular flexibility index (Phi) is 5.60. The third-order valence-electron chi connectivity index (χ3n) is 1.36. The van der Waals surface area contributed by atoms with Crippen molar-refractivity contribution in [3.05, 3.63) is 36.6 Å². The molecule has 0 saturated carbocycles. The van der Waals surface area contributed by atoms with E-state index < -0.39 is 0 Å². The van der Waals surface area contributed by atoms with Crippen LogP contribution in [-0.2, 0) is 18.6 Å². The van der Waals surface area contributed by atoms with Crippen LogP contribution in [-0.4, -0.2) is 0 Å². The van der Waals surface area contributed by atoms with Gasteiger partial charge in [0.15, 0.2) is 0 Å². The molecule has 1 aromatic heterocycles. The van der Waals surface area contributed by atoms with Crippen LogP contribution in [0.5, 0.6) is 0 Å². The number of rotatable bonds is 0. The van der Waals surface area contributed by atoms with Gasteiger partial charge in [0.2, 0.25) is 0 Å². The third-order valence-corrected chi connectivity index (χ3v) is 1.36. The molecule has 2 rings (SSSR count). The first kappa shape index (κ1) is 11.3. The van der Waals surface area contributed by atoms with Crippen molar-refractivity contribution >= 4 is 11.0 Å². The molecule has 0 saturated heterocycles. The van der Waals surface area contributed by atoms with Crippen LogP contribution in [0.15, 0.2) is 41.0 Å². The Balaban J connectivity index is 0.000000378. The van der Waals surface area contributed by atoms with Crippen LogP contribution in [0, 0.1) is 0 Å². The zero-order valence-electron chi connectivity index (χ0n) is 7.32. The molecular weight excluding hydrogens is 187 g/mol. The minimum atomic E-state index is 0. The predicted molar refractivity (Wildman–Crippen MR) is 47.6 cm³/mol. The molecular formula is C10H12OV. The van der Waals surface area contributed by atoms with E-state index in [0.29, 0.717) is 0 Å². The molecule has 12 heavy (non-hydrogen) atoms. The topological polar surface area (TPSA) is 13.1 Å². The molecule has 0 aliphatic heterocycles. The summed E-state index contributed by atoms with van der Waals surface area (Å²) in [6, 6.07) is 9.90. The first-order valence-electron chi connectivity index (χ1n) is 3.89. The maximum absolute atomic E-state index is 5.12. The summed E-state index contributed by atoms with van der Waals surface area (Å²) in [5, 5.41) is 1.16. The Morgan fingerprint density at radius 2 is 1.67 bits per heavy atom. The van der Waals surface area contributed by atoms with Gasteiger partial charge in [-0.05, 0) is 12.1 Å². The van der Waals surface area contributed by atoms with Gasteiger partial charge < -0.3 is 4.42 Å². The van der Waals surface area contributed by atoms with E-state index in [9.17, 15) is 0 Å². The van der Waals surface area contributed by atoms with Gasteiger partial charge in [-0.25, -0.2) is 0 Å². The standard InChI is InChI=1S/C8H6O.C2H6.V/c1-2-4-8-7(3-1)5-6-9-8;1-2;/h1-6H;1-2H3;. The summed E-state index contributed by atoms with van der Waals surface area (Å²) in [6.45, 7) is 4.00. The summed E-state index contributed by atoms with van der Waals surface area (Å²) in [6.07, 6.45) is 1.70. The molecule has 0 atom stereocenters. The molecule has 2 heteroatoms. The Bertz CT molecular complexity index is 284. The Morgan fingerprint density at radius 1 is 1.00 bits per heavy atom. The van der Waals surface area contributed by atoms with Gasteiger partial charge >= 0.3 is 0 Å². The van der Waals surface area contributed by atoms with Gasteiger partial charge in [-0.1, -0.05) is 32.0 Å². The second-order valence-electron chi connectivity index (χ2n) is 1.96. The van der Waals surface area contributed by atoms with Crippen LogP contribution in [0.3, 0.4) is 0 Å². The smallest absolute Gasteiger partial charge is 0.133 e. The summed E-state index contributed by atoms with van der Waals surface area (Å²) < 4.78 is 5.12. The van der Waals surface area contributed by atoms with Crippen molar-refractivity contribution in [1.82, 2.24) is 0 Å². The van der Waals surface area contributed by atoms with Gasteiger partial charge in [0.05, 0.1) is 6.26 Å². The van der Waals surface area contributed by atoms with Crippen molar-refractivity contribution in [1.29, 1.82) is 0 Å². The van der Waals surface area contributed by atoms with Crippen molar-refractivity contribution in [3.8, 4) is 0 Å². The molecule has 0 fully saturated rings. The minimum absolute atomic E-state index is 0. The quantitative estimate of drug-likeness (QED) is 0.633. The largest absolute Gasteiger partial charge is 0.464 e. The van der Waals surface area contributed by atoms with Gasteiger partial charge in [-0.15, -0.1) is 0 Å². The zero-order chi connectivity index (χ0) is 8.10. The number of fused-ring (bicyclic) bond motifs is 1. The number of hydrogen-bond donors (Lipinski definition) is 0. The molecule has 1 aromatic carbocycles. The van der Waals surface area contributed by atoms with Crippen LogP contribution >= 0.6 is 0 Å². The first-order valence-corrected chi connectivity index (χ1v) is 3.89. The summed E-state index contributed by atoms with van der Waals surface area (Å²) >= 11 is 0. The van der Waals surface area contributed by atoms with Gasteiger partial charge in [0, 0.05) is 23.9 Å². The number of benzene rings is 1. The Hall–Kier alpha value is -0.656. The Morgan fingerprint density at radius 3 is 2.33 bits per heavy atom. The second-order valence-corrected chi connectivity index (χ2v) is 1.96. The van der Waals surface area contributed by atoms with Crippen molar-refractivity contribution in [2.75, 3.05) is 0 Å². The van der Waals surface area contributed by atoms with Crippen LogP contribution < -0.4 is 0 Å². The number of para-hydroxylation sites is 1. The van der Waals surface area contributed by atoms with E-state index >= 15 is 0 Å².